The Bertz CT molecular complexity index is 568. The van der Waals surface area contributed by atoms with Crippen LogP contribution in [0, 0.1) is 0 Å². The fourth-order valence-corrected chi connectivity index (χ4v) is 2.30. The lowest BCUT2D eigenvalue weighted by Crippen LogP contribution is -2.20. The highest BCUT2D eigenvalue weighted by atomic mass is 35.5. The van der Waals surface area contributed by atoms with Crippen LogP contribution >= 0.6 is 23.2 Å². The van der Waals surface area contributed by atoms with Gasteiger partial charge in [0.2, 0.25) is 5.28 Å². The Hall–Kier alpha value is -0.910. The van der Waals surface area contributed by atoms with Gasteiger partial charge < -0.3 is 9.30 Å². The third-order valence-electron chi connectivity index (χ3n) is 2.60. The first kappa shape index (κ1) is 10.3. The standard InChI is InChI=1S/C9H8Cl2N4O/c1-4-7-12-5-6(10)13-9(11)14-8(5)15(7)2-3-16-4/h4H,2-3H2,1H3/t4-/m1/s1. The van der Waals surface area contributed by atoms with Gasteiger partial charge >= 0.3 is 0 Å². The van der Waals surface area contributed by atoms with Gasteiger partial charge in [0.15, 0.2) is 10.8 Å². The Kier molecular flexibility index (Phi) is 2.27. The van der Waals surface area contributed by atoms with E-state index in [-0.39, 0.29) is 16.5 Å². The molecule has 1 atom stereocenters. The lowest BCUT2D eigenvalue weighted by Gasteiger charge is -2.20. The first-order chi connectivity index (χ1) is 7.66. The van der Waals surface area contributed by atoms with Gasteiger partial charge in [0.25, 0.3) is 0 Å². The predicted octanol–water partition coefficient (Wildman–Crippen LogP) is 2.22. The third kappa shape index (κ3) is 1.39. The number of ether oxygens (including phenoxy) is 1. The number of aromatic nitrogens is 4. The molecule has 1 aliphatic rings. The summed E-state index contributed by atoms with van der Waals surface area (Å²) in [6.07, 6.45) is -0.0576. The average molecular weight is 259 g/mol. The first-order valence-corrected chi connectivity index (χ1v) is 5.63. The lowest BCUT2D eigenvalue weighted by molar-refractivity contribution is 0.0304. The van der Waals surface area contributed by atoms with Crippen molar-refractivity contribution in [3.05, 3.63) is 16.3 Å². The molecule has 5 nitrogen and oxygen atoms in total. The predicted molar refractivity (Wildman–Crippen MR) is 59.7 cm³/mol. The molecule has 7 heteroatoms. The largest absolute Gasteiger partial charge is 0.369 e. The SMILES string of the molecule is C[C@H]1OCCn2c1nc1c(Cl)nc(Cl)nc12. The number of halogens is 2. The highest BCUT2D eigenvalue weighted by molar-refractivity contribution is 6.35. The van der Waals surface area contributed by atoms with Gasteiger partial charge in [0.1, 0.15) is 17.4 Å². The molecule has 0 unspecified atom stereocenters. The lowest BCUT2D eigenvalue weighted by atomic mass is 10.3. The minimum absolute atomic E-state index is 0.0576. The zero-order chi connectivity index (χ0) is 11.3. The van der Waals surface area contributed by atoms with Crippen LogP contribution in [0.3, 0.4) is 0 Å². The Balaban J connectivity index is 2.36. The summed E-state index contributed by atoms with van der Waals surface area (Å²) in [7, 11) is 0. The van der Waals surface area contributed by atoms with Crippen molar-refractivity contribution < 1.29 is 4.74 Å². The quantitative estimate of drug-likeness (QED) is 0.537. The van der Waals surface area contributed by atoms with E-state index in [2.05, 4.69) is 15.0 Å². The van der Waals surface area contributed by atoms with E-state index in [1.165, 1.54) is 0 Å². The molecule has 0 amide bonds. The molecule has 0 fully saturated rings. The van der Waals surface area contributed by atoms with Crippen LogP contribution in [-0.4, -0.2) is 26.1 Å². The normalized spacial score (nSPS) is 20.1. The summed E-state index contributed by atoms with van der Waals surface area (Å²) >= 11 is 11.8. The summed E-state index contributed by atoms with van der Waals surface area (Å²) in [5, 5.41) is 0.420. The molecule has 0 bridgehead atoms. The molecule has 0 spiro atoms. The van der Waals surface area contributed by atoms with Crippen molar-refractivity contribution in [2.45, 2.75) is 19.6 Å². The van der Waals surface area contributed by atoms with E-state index in [4.69, 9.17) is 27.9 Å². The molecule has 0 radical (unpaired) electrons. The van der Waals surface area contributed by atoms with E-state index in [1.54, 1.807) is 0 Å². The Morgan fingerprint density at radius 2 is 2.12 bits per heavy atom. The molecule has 3 rings (SSSR count). The van der Waals surface area contributed by atoms with Gasteiger partial charge in [-0.1, -0.05) is 11.6 Å². The maximum absolute atomic E-state index is 5.98. The van der Waals surface area contributed by atoms with Gasteiger partial charge in [-0.15, -0.1) is 0 Å². The second kappa shape index (κ2) is 3.55. The molecule has 84 valence electrons. The third-order valence-corrected chi connectivity index (χ3v) is 3.03. The van der Waals surface area contributed by atoms with Crippen molar-refractivity contribution in [2.24, 2.45) is 0 Å². The molecule has 0 saturated carbocycles. The molecular weight excluding hydrogens is 251 g/mol. The number of nitrogens with zero attached hydrogens (tertiary/aromatic N) is 4. The maximum Gasteiger partial charge on any atom is 0.225 e. The van der Waals surface area contributed by atoms with E-state index >= 15 is 0 Å². The minimum atomic E-state index is -0.0576. The molecule has 0 N–H and O–H groups in total. The van der Waals surface area contributed by atoms with Crippen molar-refractivity contribution in [3.63, 3.8) is 0 Å². The molecule has 0 saturated heterocycles. The van der Waals surface area contributed by atoms with Gasteiger partial charge in [-0.2, -0.15) is 4.98 Å². The molecule has 0 aliphatic carbocycles. The maximum atomic E-state index is 5.98. The van der Waals surface area contributed by atoms with Gasteiger partial charge in [0.05, 0.1) is 6.61 Å². The van der Waals surface area contributed by atoms with Crippen LogP contribution in [0.25, 0.3) is 11.2 Å². The van der Waals surface area contributed by atoms with Gasteiger partial charge in [-0.25, -0.2) is 9.97 Å². The van der Waals surface area contributed by atoms with Crippen LogP contribution < -0.4 is 0 Å². The fourth-order valence-electron chi connectivity index (χ4n) is 1.89. The summed E-state index contributed by atoms with van der Waals surface area (Å²) in [5.41, 5.74) is 1.26. The summed E-state index contributed by atoms with van der Waals surface area (Å²) in [6, 6.07) is 0. The highest BCUT2D eigenvalue weighted by Crippen LogP contribution is 2.28. The van der Waals surface area contributed by atoms with Crippen LogP contribution in [0.5, 0.6) is 0 Å². The van der Waals surface area contributed by atoms with Crippen LogP contribution in [0.15, 0.2) is 0 Å². The van der Waals surface area contributed by atoms with Crippen LogP contribution in [0.4, 0.5) is 0 Å². The van der Waals surface area contributed by atoms with Gasteiger partial charge in [-0.3, -0.25) is 0 Å². The van der Waals surface area contributed by atoms with E-state index in [0.29, 0.717) is 24.3 Å². The Morgan fingerprint density at radius 3 is 2.94 bits per heavy atom. The minimum Gasteiger partial charge on any atom is -0.369 e. The first-order valence-electron chi connectivity index (χ1n) is 4.87. The average Bonchev–Trinajstić information content (AvgIpc) is 2.59. The second-order valence-electron chi connectivity index (χ2n) is 3.59. The molecule has 0 aromatic carbocycles. The molecule has 1 aliphatic heterocycles. The van der Waals surface area contributed by atoms with Crippen LogP contribution in [0.2, 0.25) is 10.4 Å². The molecule has 2 aromatic rings. The molecule has 3 heterocycles. The Morgan fingerprint density at radius 1 is 1.31 bits per heavy atom. The summed E-state index contributed by atoms with van der Waals surface area (Å²) in [6.45, 7) is 3.29. The van der Waals surface area contributed by atoms with Crippen molar-refractivity contribution in [1.82, 2.24) is 19.5 Å². The summed E-state index contributed by atoms with van der Waals surface area (Å²) < 4.78 is 7.47. The van der Waals surface area contributed by atoms with E-state index in [0.717, 1.165) is 5.82 Å². The van der Waals surface area contributed by atoms with Crippen LogP contribution in [0.1, 0.15) is 18.9 Å². The summed E-state index contributed by atoms with van der Waals surface area (Å²) in [5.74, 6) is 0.819. The molecular formula is C9H8Cl2N4O. The van der Waals surface area contributed by atoms with E-state index in [1.807, 2.05) is 11.5 Å². The number of hydrogen-bond donors (Lipinski definition) is 0. The number of hydrogen-bond acceptors (Lipinski definition) is 4. The van der Waals surface area contributed by atoms with E-state index in [9.17, 15) is 0 Å². The monoisotopic (exact) mass is 258 g/mol. The van der Waals surface area contributed by atoms with Crippen molar-refractivity contribution >= 4 is 34.4 Å². The number of fused-ring (bicyclic) bond motifs is 3. The highest BCUT2D eigenvalue weighted by Gasteiger charge is 2.23. The molecule has 2 aromatic heterocycles. The Labute approximate surface area is 101 Å². The van der Waals surface area contributed by atoms with E-state index < -0.39 is 0 Å². The number of imidazole rings is 1. The summed E-state index contributed by atoms with van der Waals surface area (Å²) in [4.78, 5) is 12.4. The molecule has 16 heavy (non-hydrogen) atoms. The zero-order valence-corrected chi connectivity index (χ0v) is 9.96. The van der Waals surface area contributed by atoms with Crippen molar-refractivity contribution in [3.8, 4) is 0 Å². The topological polar surface area (TPSA) is 52.8 Å². The fraction of sp³-hybridized carbons (Fsp3) is 0.444. The van der Waals surface area contributed by atoms with Crippen molar-refractivity contribution in [2.75, 3.05) is 6.61 Å². The smallest absolute Gasteiger partial charge is 0.225 e. The number of rotatable bonds is 0. The second-order valence-corrected chi connectivity index (χ2v) is 4.29. The van der Waals surface area contributed by atoms with Gasteiger partial charge in [-0.05, 0) is 18.5 Å². The zero-order valence-electron chi connectivity index (χ0n) is 8.44. The van der Waals surface area contributed by atoms with Crippen molar-refractivity contribution in [1.29, 1.82) is 0 Å². The van der Waals surface area contributed by atoms with Crippen LogP contribution in [-0.2, 0) is 11.3 Å². The van der Waals surface area contributed by atoms with Gasteiger partial charge in [0, 0.05) is 6.54 Å².